The minimum Gasteiger partial charge on any atom is -0.497 e. The third-order valence-corrected chi connectivity index (χ3v) is 6.45. The van der Waals surface area contributed by atoms with Crippen molar-refractivity contribution in [2.75, 3.05) is 18.6 Å². The third kappa shape index (κ3) is 4.37. The highest BCUT2D eigenvalue weighted by molar-refractivity contribution is 8.00. The molecule has 4 rings (SSSR count). The zero-order chi connectivity index (χ0) is 21.8. The molecule has 1 unspecified atom stereocenters. The first-order valence-corrected chi connectivity index (χ1v) is 11.2. The Hall–Kier alpha value is -3.06. The van der Waals surface area contributed by atoms with E-state index < -0.39 is 0 Å². The second kappa shape index (κ2) is 9.39. The number of hydrogen-bond donors (Lipinski definition) is 0. The number of anilines is 1. The van der Waals surface area contributed by atoms with Crippen LogP contribution in [0.2, 0.25) is 0 Å². The Kier molecular flexibility index (Phi) is 6.42. The fourth-order valence-electron chi connectivity index (χ4n) is 3.81. The van der Waals surface area contributed by atoms with Crippen LogP contribution in [0.3, 0.4) is 0 Å². The number of nitrogens with zero attached hydrogens (tertiary/aromatic N) is 4. The number of amides is 1. The maximum atomic E-state index is 13.3. The molecule has 0 fully saturated rings. The van der Waals surface area contributed by atoms with Crippen LogP contribution in [0.25, 0.3) is 11.4 Å². The van der Waals surface area contributed by atoms with Crippen molar-refractivity contribution in [3.05, 3.63) is 66.7 Å². The average molecular weight is 435 g/mol. The quantitative estimate of drug-likeness (QED) is 0.402. The van der Waals surface area contributed by atoms with E-state index in [1.807, 2.05) is 64.9 Å². The van der Waals surface area contributed by atoms with Gasteiger partial charge in [0.2, 0.25) is 5.91 Å². The fraction of sp³-hybridized carbons (Fsp3) is 0.292. The van der Waals surface area contributed by atoms with Crippen LogP contribution in [0.4, 0.5) is 5.69 Å². The molecule has 31 heavy (non-hydrogen) atoms. The van der Waals surface area contributed by atoms with Gasteiger partial charge >= 0.3 is 0 Å². The summed E-state index contributed by atoms with van der Waals surface area (Å²) in [6.45, 7) is 7.11. The van der Waals surface area contributed by atoms with E-state index in [0.29, 0.717) is 11.7 Å². The Morgan fingerprint density at radius 2 is 2.00 bits per heavy atom. The van der Waals surface area contributed by atoms with Gasteiger partial charge in [0.25, 0.3) is 0 Å². The summed E-state index contributed by atoms with van der Waals surface area (Å²) in [7, 11) is 1.64. The fourth-order valence-corrected chi connectivity index (χ4v) is 4.73. The second-order valence-corrected chi connectivity index (χ2v) is 8.72. The van der Waals surface area contributed by atoms with Crippen LogP contribution >= 0.6 is 11.8 Å². The molecule has 0 radical (unpaired) electrons. The number of hydrogen-bond acceptors (Lipinski definition) is 5. The lowest BCUT2D eigenvalue weighted by Gasteiger charge is -2.31. The molecule has 0 bridgehead atoms. The number of allylic oxidation sites excluding steroid dienone is 1. The summed E-state index contributed by atoms with van der Waals surface area (Å²) in [6, 6.07) is 15.9. The number of carbonyl (C=O) groups is 1. The SMILES string of the molecule is C=CCn1c(SC(C)C(=O)N2CCCc3ccccc32)nnc1-c1ccc(OC)cc1. The lowest BCUT2D eigenvalue weighted by atomic mass is 10.0. The molecule has 6 nitrogen and oxygen atoms in total. The number of methoxy groups -OCH3 is 1. The van der Waals surface area contributed by atoms with E-state index in [4.69, 9.17) is 4.74 Å². The average Bonchev–Trinajstić information content (AvgIpc) is 3.20. The van der Waals surface area contributed by atoms with Crippen molar-refractivity contribution in [1.82, 2.24) is 14.8 Å². The molecule has 160 valence electrons. The zero-order valence-corrected chi connectivity index (χ0v) is 18.6. The van der Waals surface area contributed by atoms with E-state index in [0.717, 1.165) is 42.2 Å². The number of ether oxygens (including phenoxy) is 1. The van der Waals surface area contributed by atoms with Crippen LogP contribution in [0, 0.1) is 0 Å². The minimum absolute atomic E-state index is 0.0938. The van der Waals surface area contributed by atoms with Crippen LogP contribution in [-0.2, 0) is 17.8 Å². The first-order valence-electron chi connectivity index (χ1n) is 10.4. The molecule has 0 N–H and O–H groups in total. The standard InChI is InChI=1S/C24H26N4O2S/c1-4-15-28-22(19-11-13-20(30-3)14-12-19)25-26-24(28)31-17(2)23(29)27-16-7-9-18-8-5-6-10-21(18)27/h4-6,8,10-14,17H,1,7,9,15-16H2,2-3H3. The summed E-state index contributed by atoms with van der Waals surface area (Å²) in [5.41, 5.74) is 3.19. The largest absolute Gasteiger partial charge is 0.497 e. The number of aromatic nitrogens is 3. The van der Waals surface area contributed by atoms with E-state index in [9.17, 15) is 4.79 Å². The molecule has 3 aromatic rings. The van der Waals surface area contributed by atoms with E-state index in [1.54, 1.807) is 7.11 Å². The van der Waals surface area contributed by atoms with Crippen LogP contribution in [0.1, 0.15) is 18.9 Å². The number of aryl methyl sites for hydroxylation is 1. The molecule has 1 atom stereocenters. The maximum Gasteiger partial charge on any atom is 0.240 e. The zero-order valence-electron chi connectivity index (χ0n) is 17.8. The number of benzene rings is 2. The number of rotatable bonds is 7. The Bertz CT molecular complexity index is 1080. The molecule has 2 heterocycles. The van der Waals surface area contributed by atoms with Gasteiger partial charge in [-0.2, -0.15) is 0 Å². The highest BCUT2D eigenvalue weighted by Gasteiger charge is 2.28. The molecule has 1 amide bonds. The van der Waals surface area contributed by atoms with E-state index in [1.165, 1.54) is 17.3 Å². The van der Waals surface area contributed by atoms with Gasteiger partial charge in [-0.3, -0.25) is 9.36 Å². The summed E-state index contributed by atoms with van der Waals surface area (Å²) in [6.07, 6.45) is 3.81. The molecule has 0 saturated heterocycles. The van der Waals surface area contributed by atoms with Crippen molar-refractivity contribution in [1.29, 1.82) is 0 Å². The van der Waals surface area contributed by atoms with E-state index >= 15 is 0 Å². The van der Waals surface area contributed by atoms with Gasteiger partial charge in [-0.25, -0.2) is 0 Å². The van der Waals surface area contributed by atoms with Gasteiger partial charge in [0, 0.05) is 24.3 Å². The summed E-state index contributed by atoms with van der Waals surface area (Å²) in [5.74, 6) is 1.62. The second-order valence-electron chi connectivity index (χ2n) is 7.42. The molecule has 1 aliphatic heterocycles. The monoisotopic (exact) mass is 434 g/mol. The summed E-state index contributed by atoms with van der Waals surface area (Å²) < 4.78 is 7.24. The number of fused-ring (bicyclic) bond motifs is 1. The predicted molar refractivity (Wildman–Crippen MR) is 125 cm³/mol. The smallest absolute Gasteiger partial charge is 0.240 e. The predicted octanol–water partition coefficient (Wildman–Crippen LogP) is 4.60. The van der Waals surface area contributed by atoms with Gasteiger partial charge in [0.1, 0.15) is 5.75 Å². The van der Waals surface area contributed by atoms with Gasteiger partial charge in [-0.1, -0.05) is 36.0 Å². The lowest BCUT2D eigenvalue weighted by molar-refractivity contribution is -0.117. The molecular weight excluding hydrogens is 408 g/mol. The normalized spacial score (nSPS) is 14.1. The van der Waals surface area contributed by atoms with Gasteiger partial charge in [0.05, 0.1) is 12.4 Å². The maximum absolute atomic E-state index is 13.3. The van der Waals surface area contributed by atoms with Crippen LogP contribution in [-0.4, -0.2) is 39.6 Å². The molecular formula is C24H26N4O2S. The molecule has 0 spiro atoms. The van der Waals surface area contributed by atoms with Gasteiger partial charge in [0.15, 0.2) is 11.0 Å². The Morgan fingerprint density at radius 1 is 1.23 bits per heavy atom. The topological polar surface area (TPSA) is 60.2 Å². The van der Waals surface area contributed by atoms with Crippen molar-refractivity contribution in [3.63, 3.8) is 0 Å². The summed E-state index contributed by atoms with van der Waals surface area (Å²) >= 11 is 1.44. The number of para-hydroxylation sites is 1. The van der Waals surface area contributed by atoms with Crippen LogP contribution in [0.15, 0.2) is 66.3 Å². The van der Waals surface area contributed by atoms with Gasteiger partial charge in [-0.15, -0.1) is 16.8 Å². The summed E-state index contributed by atoms with van der Waals surface area (Å²) in [4.78, 5) is 15.2. The van der Waals surface area contributed by atoms with Crippen molar-refractivity contribution in [3.8, 4) is 17.1 Å². The Balaban J connectivity index is 1.57. The Labute approximate surface area is 186 Å². The summed E-state index contributed by atoms with van der Waals surface area (Å²) in [5, 5.41) is 9.21. The minimum atomic E-state index is -0.289. The molecule has 0 aliphatic carbocycles. The van der Waals surface area contributed by atoms with E-state index in [-0.39, 0.29) is 11.2 Å². The van der Waals surface area contributed by atoms with E-state index in [2.05, 4.69) is 22.8 Å². The highest BCUT2D eigenvalue weighted by Crippen LogP contribution is 2.32. The lowest BCUT2D eigenvalue weighted by Crippen LogP contribution is -2.40. The van der Waals surface area contributed by atoms with Crippen molar-refractivity contribution in [2.45, 2.75) is 36.7 Å². The highest BCUT2D eigenvalue weighted by atomic mass is 32.2. The van der Waals surface area contributed by atoms with Gasteiger partial charge < -0.3 is 9.64 Å². The molecule has 2 aromatic carbocycles. The number of carbonyl (C=O) groups excluding carboxylic acids is 1. The third-order valence-electron chi connectivity index (χ3n) is 5.38. The van der Waals surface area contributed by atoms with Crippen LogP contribution < -0.4 is 9.64 Å². The number of thioether (sulfide) groups is 1. The first kappa shape index (κ1) is 21.2. The van der Waals surface area contributed by atoms with Crippen LogP contribution in [0.5, 0.6) is 5.75 Å². The van der Waals surface area contributed by atoms with Crippen molar-refractivity contribution in [2.24, 2.45) is 0 Å². The molecule has 1 aliphatic rings. The van der Waals surface area contributed by atoms with Crippen molar-refractivity contribution >= 4 is 23.4 Å². The first-order chi connectivity index (χ1) is 15.1. The Morgan fingerprint density at radius 3 is 2.74 bits per heavy atom. The molecule has 1 aromatic heterocycles. The molecule has 7 heteroatoms. The molecule has 0 saturated carbocycles. The van der Waals surface area contributed by atoms with Gasteiger partial charge in [-0.05, 0) is 55.7 Å². The van der Waals surface area contributed by atoms with Crippen molar-refractivity contribution < 1.29 is 9.53 Å².